The molecule has 58 heavy (non-hydrogen) atoms. The number of benzene rings is 6. The summed E-state index contributed by atoms with van der Waals surface area (Å²) in [5, 5.41) is 33.0. The molecule has 0 spiro atoms. The topological polar surface area (TPSA) is 149 Å². The van der Waals surface area contributed by atoms with Gasteiger partial charge in [0.2, 0.25) is 0 Å². The lowest BCUT2D eigenvalue weighted by Gasteiger charge is -2.11. The molecule has 6 rings (SSSR count). The van der Waals surface area contributed by atoms with Crippen LogP contribution in [-0.2, 0) is 33.1 Å². The number of aryl methyl sites for hydroxylation is 3. The Bertz CT molecular complexity index is 1870. The van der Waals surface area contributed by atoms with E-state index in [-0.39, 0.29) is 0 Å². The van der Waals surface area contributed by atoms with E-state index in [1.165, 1.54) is 32.3 Å². The van der Waals surface area contributed by atoms with Crippen molar-refractivity contribution in [1.82, 2.24) is 0 Å². The SMILES string of the molecule is Cc1ccc(O)c(CO[Si]c2ccccc2)c1C.Cc1ccc(O)c(CO[Si]c2ccccc2)c1C.Cc1ccc(O)c(CO[Si]c2ccccc2)c1C.OP(O)O. The van der Waals surface area contributed by atoms with Crippen molar-refractivity contribution >= 4 is 53.5 Å². The van der Waals surface area contributed by atoms with E-state index < -0.39 is 8.60 Å². The lowest BCUT2D eigenvalue weighted by molar-refractivity contribution is 0.320. The van der Waals surface area contributed by atoms with Crippen molar-refractivity contribution in [2.45, 2.75) is 61.4 Å². The molecule has 6 N–H and O–H groups in total. The fourth-order valence-electron chi connectivity index (χ4n) is 5.22. The van der Waals surface area contributed by atoms with Crippen molar-refractivity contribution < 1.29 is 43.3 Å². The highest BCUT2D eigenvalue weighted by atomic mass is 31.2. The molecule has 0 unspecified atom stereocenters. The zero-order valence-electron chi connectivity index (χ0n) is 33.6. The molecule has 0 amide bonds. The Morgan fingerprint density at radius 3 is 0.828 bits per heavy atom. The van der Waals surface area contributed by atoms with E-state index >= 15 is 0 Å². The second-order valence-corrected chi connectivity index (χ2v) is 16.8. The van der Waals surface area contributed by atoms with E-state index in [2.05, 4.69) is 0 Å². The Labute approximate surface area is 351 Å². The van der Waals surface area contributed by atoms with Crippen LogP contribution in [0.5, 0.6) is 17.2 Å². The third-order valence-electron chi connectivity index (χ3n) is 9.07. The van der Waals surface area contributed by atoms with Crippen LogP contribution in [0.15, 0.2) is 127 Å². The maximum absolute atomic E-state index is 9.84. The lowest BCUT2D eigenvalue weighted by atomic mass is 10.0. The molecule has 0 fully saturated rings. The number of hydrogen-bond donors (Lipinski definition) is 6. The average Bonchev–Trinajstić information content (AvgIpc) is 3.22. The molecule has 0 bridgehead atoms. The minimum Gasteiger partial charge on any atom is -0.508 e. The monoisotopic (exact) mass is 850 g/mol. The summed E-state index contributed by atoms with van der Waals surface area (Å²) in [7, 11) is -1.70. The molecule has 0 heterocycles. The van der Waals surface area contributed by atoms with E-state index in [1.807, 2.05) is 151 Å². The third-order valence-corrected chi connectivity index (χ3v) is 11.6. The summed E-state index contributed by atoms with van der Waals surface area (Å²) in [4.78, 5) is 21.7. The second-order valence-electron chi connectivity index (χ2n) is 13.1. The molecular formula is C45H51O9PSi3. The highest BCUT2D eigenvalue weighted by Crippen LogP contribution is 2.26. The Morgan fingerprint density at radius 2 is 0.603 bits per heavy atom. The van der Waals surface area contributed by atoms with Gasteiger partial charge in [-0.15, -0.1) is 0 Å². The van der Waals surface area contributed by atoms with Crippen LogP contribution in [0.3, 0.4) is 0 Å². The van der Waals surface area contributed by atoms with Crippen molar-refractivity contribution in [2.75, 3.05) is 0 Å². The standard InChI is InChI=1S/3C15H16O2Si.H3O3P/c3*1-11-8-9-15(16)14(12(11)2)10-17-18-13-6-4-3-5-7-13;1-4(2)3/h3*3-9,16H,10H2,1-2H3;1-3H. The normalized spacial score (nSPS) is 10.4. The molecule has 13 heteroatoms. The van der Waals surface area contributed by atoms with Gasteiger partial charge in [0.05, 0.1) is 19.8 Å². The first-order valence-corrected chi connectivity index (χ1v) is 22.2. The minimum absolute atomic E-state index is 0.308. The fraction of sp³-hybridized carbons (Fsp3) is 0.200. The molecule has 0 aliphatic heterocycles. The van der Waals surface area contributed by atoms with Gasteiger partial charge >= 0.3 is 8.60 Å². The zero-order valence-corrected chi connectivity index (χ0v) is 37.5. The summed E-state index contributed by atoms with van der Waals surface area (Å²) in [6.07, 6.45) is 0. The van der Waals surface area contributed by atoms with Crippen LogP contribution in [0.2, 0.25) is 0 Å². The number of rotatable bonds is 12. The van der Waals surface area contributed by atoms with E-state index in [1.54, 1.807) is 18.2 Å². The van der Waals surface area contributed by atoms with Gasteiger partial charge < -0.3 is 43.3 Å². The van der Waals surface area contributed by atoms with Gasteiger partial charge in [-0.05, 0) is 109 Å². The molecule has 6 aromatic carbocycles. The van der Waals surface area contributed by atoms with Crippen molar-refractivity contribution in [2.24, 2.45) is 0 Å². The average molecular weight is 851 g/mol. The maximum atomic E-state index is 9.84. The molecule has 6 radical (unpaired) electrons. The van der Waals surface area contributed by atoms with Crippen LogP contribution in [0.4, 0.5) is 0 Å². The number of phenols is 3. The van der Waals surface area contributed by atoms with Crippen LogP contribution in [0.25, 0.3) is 0 Å². The highest BCUT2D eigenvalue weighted by Gasteiger charge is 2.10. The molecule has 9 nitrogen and oxygen atoms in total. The quantitative estimate of drug-likeness (QED) is 0.0592. The molecular weight excluding hydrogens is 800 g/mol. The number of hydrogen-bond acceptors (Lipinski definition) is 9. The van der Waals surface area contributed by atoms with Crippen molar-refractivity contribution in [1.29, 1.82) is 0 Å². The largest absolute Gasteiger partial charge is 0.508 e. The highest BCUT2D eigenvalue weighted by molar-refractivity contribution is 7.38. The van der Waals surface area contributed by atoms with Crippen LogP contribution < -0.4 is 15.6 Å². The van der Waals surface area contributed by atoms with Gasteiger partial charge in [-0.1, -0.05) is 109 Å². The van der Waals surface area contributed by atoms with Gasteiger partial charge in [-0.3, -0.25) is 0 Å². The molecule has 0 saturated carbocycles. The summed E-state index contributed by atoms with van der Waals surface area (Å²) in [5.41, 5.74) is 9.50. The van der Waals surface area contributed by atoms with Crippen molar-refractivity contribution in [3.63, 3.8) is 0 Å². The van der Waals surface area contributed by atoms with Gasteiger partial charge in [0.15, 0.2) is 0 Å². The van der Waals surface area contributed by atoms with Gasteiger partial charge in [-0.25, -0.2) is 0 Å². The Morgan fingerprint density at radius 1 is 0.379 bits per heavy atom. The Balaban J connectivity index is 0.000000222. The second kappa shape index (κ2) is 25.8. The van der Waals surface area contributed by atoms with Crippen LogP contribution in [0, 0.1) is 41.5 Å². The summed E-state index contributed by atoms with van der Waals surface area (Å²) in [5.74, 6) is 0.947. The molecule has 0 aliphatic rings. The van der Waals surface area contributed by atoms with Crippen LogP contribution in [0.1, 0.15) is 50.1 Å². The lowest BCUT2D eigenvalue weighted by Crippen LogP contribution is -2.17. The van der Waals surface area contributed by atoms with Crippen LogP contribution in [-0.4, -0.2) is 59.3 Å². The fourth-order valence-corrected chi connectivity index (χ4v) is 7.35. The third kappa shape index (κ3) is 16.8. The van der Waals surface area contributed by atoms with E-state index in [0.29, 0.717) is 66.4 Å². The minimum atomic E-state index is -2.62. The zero-order chi connectivity index (χ0) is 42.5. The molecule has 302 valence electrons. The van der Waals surface area contributed by atoms with Gasteiger partial charge in [0.1, 0.15) is 17.2 Å². The van der Waals surface area contributed by atoms with Crippen LogP contribution >= 0.6 is 8.60 Å². The number of phenolic OH excluding ortho intramolecular Hbond substituents is 3. The molecule has 6 aromatic rings. The first kappa shape index (κ1) is 47.9. The first-order chi connectivity index (χ1) is 27.8. The summed E-state index contributed by atoms with van der Waals surface area (Å²) in [6, 6.07) is 41.2. The molecule has 0 aromatic heterocycles. The van der Waals surface area contributed by atoms with Crippen molar-refractivity contribution in [3.05, 3.63) is 177 Å². The van der Waals surface area contributed by atoms with Gasteiger partial charge in [-0.2, -0.15) is 0 Å². The predicted molar refractivity (Wildman–Crippen MR) is 236 cm³/mol. The van der Waals surface area contributed by atoms with E-state index in [9.17, 15) is 15.3 Å². The molecule has 0 aliphatic carbocycles. The molecule has 0 atom stereocenters. The summed E-state index contributed by atoms with van der Waals surface area (Å²) in [6.45, 7) is 13.5. The predicted octanol–water partition coefficient (Wildman–Crippen LogP) is 6.60. The van der Waals surface area contributed by atoms with Crippen molar-refractivity contribution in [3.8, 4) is 17.2 Å². The Kier molecular flexibility index (Phi) is 21.3. The van der Waals surface area contributed by atoms with Gasteiger partial charge in [0.25, 0.3) is 29.3 Å². The molecule has 0 saturated heterocycles. The number of aromatic hydroxyl groups is 3. The van der Waals surface area contributed by atoms with E-state index in [4.69, 9.17) is 28.0 Å². The first-order valence-electron chi connectivity index (χ1n) is 18.3. The summed E-state index contributed by atoms with van der Waals surface area (Å²) >= 11 is 0. The maximum Gasteiger partial charge on any atom is 0.324 e. The smallest absolute Gasteiger partial charge is 0.324 e. The van der Waals surface area contributed by atoms with Gasteiger partial charge in [0, 0.05) is 16.7 Å². The summed E-state index contributed by atoms with van der Waals surface area (Å²) < 4.78 is 17.1. The van der Waals surface area contributed by atoms with E-state index in [0.717, 1.165) is 33.4 Å². The Hall–Kier alpha value is -4.44.